The summed E-state index contributed by atoms with van der Waals surface area (Å²) < 4.78 is 0. The molecule has 2 rings (SSSR count). The van der Waals surface area contributed by atoms with Crippen LogP contribution in [0.15, 0.2) is 0 Å². The van der Waals surface area contributed by atoms with Gasteiger partial charge >= 0.3 is 0 Å². The molecule has 0 aromatic carbocycles. The zero-order valence-electron chi connectivity index (χ0n) is 14.2. The Morgan fingerprint density at radius 3 is 2.55 bits per heavy atom. The van der Waals surface area contributed by atoms with E-state index >= 15 is 0 Å². The van der Waals surface area contributed by atoms with Crippen molar-refractivity contribution >= 4 is 0 Å². The predicted molar refractivity (Wildman–Crippen MR) is 88.0 cm³/mol. The Balaban J connectivity index is 1.90. The minimum Gasteiger partial charge on any atom is -0.317 e. The molecule has 2 nitrogen and oxygen atoms in total. The van der Waals surface area contributed by atoms with Crippen molar-refractivity contribution in [1.82, 2.24) is 10.2 Å². The van der Waals surface area contributed by atoms with E-state index in [-0.39, 0.29) is 0 Å². The zero-order chi connectivity index (χ0) is 14.5. The van der Waals surface area contributed by atoms with Crippen molar-refractivity contribution < 1.29 is 0 Å². The summed E-state index contributed by atoms with van der Waals surface area (Å²) in [4.78, 5) is 2.78. The Morgan fingerprint density at radius 1 is 1.10 bits per heavy atom. The molecule has 0 amide bonds. The molecule has 1 aliphatic heterocycles. The minimum atomic E-state index is 0.759. The lowest BCUT2D eigenvalue weighted by atomic mass is 9.75. The Labute approximate surface area is 126 Å². The van der Waals surface area contributed by atoms with Gasteiger partial charge in [0.15, 0.2) is 0 Å². The fraction of sp³-hybridized carbons (Fsp3) is 1.00. The van der Waals surface area contributed by atoms with Gasteiger partial charge in [-0.05, 0) is 70.4 Å². The van der Waals surface area contributed by atoms with Gasteiger partial charge in [0.2, 0.25) is 0 Å². The number of nitrogens with one attached hydrogen (secondary N) is 1. The number of nitrogens with zero attached hydrogens (tertiary/aromatic N) is 1. The topological polar surface area (TPSA) is 15.3 Å². The first-order valence-electron chi connectivity index (χ1n) is 9.05. The van der Waals surface area contributed by atoms with Crippen LogP contribution in [0.5, 0.6) is 0 Å². The summed E-state index contributed by atoms with van der Waals surface area (Å²) in [5.74, 6) is 2.80. The van der Waals surface area contributed by atoms with E-state index in [1.165, 1.54) is 58.0 Å². The number of rotatable bonds is 5. The third-order valence-electron chi connectivity index (χ3n) is 5.90. The van der Waals surface area contributed by atoms with E-state index in [0.29, 0.717) is 0 Å². The van der Waals surface area contributed by atoms with Gasteiger partial charge in [0.05, 0.1) is 0 Å². The fourth-order valence-electron chi connectivity index (χ4n) is 4.64. The predicted octanol–water partition coefficient (Wildman–Crippen LogP) is 3.91. The summed E-state index contributed by atoms with van der Waals surface area (Å²) in [7, 11) is 2.17. The number of likely N-dealkylation sites (tertiary alicyclic amines) is 1. The third-order valence-corrected chi connectivity index (χ3v) is 5.90. The number of hydrogen-bond acceptors (Lipinski definition) is 2. The van der Waals surface area contributed by atoms with Crippen LogP contribution in [0, 0.1) is 17.8 Å². The molecule has 1 N–H and O–H groups in total. The molecule has 0 aromatic rings. The SMILES string of the molecule is CCCC1CCC(NC)C(CN2CCC(C)CC2C)C1. The van der Waals surface area contributed by atoms with Gasteiger partial charge < -0.3 is 10.2 Å². The summed E-state index contributed by atoms with van der Waals surface area (Å²) >= 11 is 0. The highest BCUT2D eigenvalue weighted by atomic mass is 15.2. The van der Waals surface area contributed by atoms with Crippen molar-refractivity contribution in [2.24, 2.45) is 17.8 Å². The Kier molecular flexibility index (Phi) is 6.35. The number of hydrogen-bond donors (Lipinski definition) is 1. The van der Waals surface area contributed by atoms with Gasteiger partial charge in [0.25, 0.3) is 0 Å². The average molecular weight is 280 g/mol. The van der Waals surface area contributed by atoms with Gasteiger partial charge in [0, 0.05) is 18.6 Å². The molecule has 0 radical (unpaired) electrons. The molecule has 1 heterocycles. The van der Waals surface area contributed by atoms with Gasteiger partial charge in [-0.15, -0.1) is 0 Å². The Bertz CT molecular complexity index is 279. The van der Waals surface area contributed by atoms with Crippen molar-refractivity contribution in [3.63, 3.8) is 0 Å². The van der Waals surface area contributed by atoms with Crippen LogP contribution < -0.4 is 5.32 Å². The van der Waals surface area contributed by atoms with Crippen LogP contribution in [-0.2, 0) is 0 Å². The summed E-state index contributed by atoms with van der Waals surface area (Å²) in [6, 6.07) is 1.55. The van der Waals surface area contributed by atoms with Crippen LogP contribution in [0.3, 0.4) is 0 Å². The molecule has 0 aromatic heterocycles. The lowest BCUT2D eigenvalue weighted by molar-refractivity contribution is 0.0775. The first kappa shape index (κ1) is 16.3. The molecule has 0 spiro atoms. The van der Waals surface area contributed by atoms with E-state index < -0.39 is 0 Å². The third kappa shape index (κ3) is 4.21. The minimum absolute atomic E-state index is 0.759. The maximum Gasteiger partial charge on any atom is 0.0105 e. The van der Waals surface area contributed by atoms with E-state index in [1.807, 2.05) is 0 Å². The van der Waals surface area contributed by atoms with E-state index in [4.69, 9.17) is 0 Å². The Hall–Kier alpha value is -0.0800. The maximum atomic E-state index is 3.60. The normalized spacial score (nSPS) is 39.9. The monoisotopic (exact) mass is 280 g/mol. The van der Waals surface area contributed by atoms with Gasteiger partial charge in [0.1, 0.15) is 0 Å². The summed E-state index contributed by atoms with van der Waals surface area (Å²) in [5, 5.41) is 3.60. The second-order valence-electron chi connectivity index (χ2n) is 7.60. The van der Waals surface area contributed by atoms with Gasteiger partial charge in [-0.25, -0.2) is 0 Å². The van der Waals surface area contributed by atoms with Crippen molar-refractivity contribution in [3.8, 4) is 0 Å². The molecular weight excluding hydrogens is 244 g/mol. The summed E-state index contributed by atoms with van der Waals surface area (Å²) in [6.07, 6.45) is 9.90. The van der Waals surface area contributed by atoms with Crippen LogP contribution in [-0.4, -0.2) is 37.1 Å². The smallest absolute Gasteiger partial charge is 0.0105 e. The van der Waals surface area contributed by atoms with Crippen LogP contribution in [0.1, 0.15) is 65.7 Å². The van der Waals surface area contributed by atoms with E-state index in [2.05, 4.69) is 38.0 Å². The van der Waals surface area contributed by atoms with Crippen LogP contribution in [0.2, 0.25) is 0 Å². The second kappa shape index (κ2) is 7.79. The average Bonchev–Trinajstić information content (AvgIpc) is 2.43. The standard InChI is InChI=1S/C18H36N2/c1-5-6-16-7-8-18(19-4)17(12-16)13-20-10-9-14(2)11-15(20)3/h14-19H,5-13H2,1-4H3. The van der Waals surface area contributed by atoms with E-state index in [0.717, 1.165) is 29.8 Å². The van der Waals surface area contributed by atoms with Gasteiger partial charge in [-0.3, -0.25) is 0 Å². The van der Waals surface area contributed by atoms with Crippen LogP contribution in [0.4, 0.5) is 0 Å². The highest BCUT2D eigenvalue weighted by Gasteiger charge is 2.32. The highest BCUT2D eigenvalue weighted by Crippen LogP contribution is 2.34. The lowest BCUT2D eigenvalue weighted by Gasteiger charge is -2.43. The molecular formula is C18H36N2. The molecule has 2 fully saturated rings. The van der Waals surface area contributed by atoms with E-state index in [9.17, 15) is 0 Å². The molecule has 1 saturated carbocycles. The highest BCUT2D eigenvalue weighted by molar-refractivity contribution is 4.88. The zero-order valence-corrected chi connectivity index (χ0v) is 14.2. The molecule has 2 aliphatic rings. The molecule has 2 heteroatoms. The number of piperidine rings is 1. The molecule has 1 aliphatic carbocycles. The molecule has 1 saturated heterocycles. The molecule has 20 heavy (non-hydrogen) atoms. The van der Waals surface area contributed by atoms with Crippen molar-refractivity contribution in [2.75, 3.05) is 20.1 Å². The molecule has 118 valence electrons. The van der Waals surface area contributed by atoms with Crippen molar-refractivity contribution in [2.45, 2.75) is 77.8 Å². The Morgan fingerprint density at radius 2 is 1.90 bits per heavy atom. The largest absolute Gasteiger partial charge is 0.317 e. The summed E-state index contributed by atoms with van der Waals surface area (Å²) in [6.45, 7) is 9.86. The first-order chi connectivity index (χ1) is 9.63. The van der Waals surface area contributed by atoms with Gasteiger partial charge in [-0.2, -0.15) is 0 Å². The molecule has 5 unspecified atom stereocenters. The quantitative estimate of drug-likeness (QED) is 0.821. The fourth-order valence-corrected chi connectivity index (χ4v) is 4.64. The summed E-state index contributed by atoms with van der Waals surface area (Å²) in [5.41, 5.74) is 0. The second-order valence-corrected chi connectivity index (χ2v) is 7.60. The maximum absolute atomic E-state index is 3.60. The first-order valence-corrected chi connectivity index (χ1v) is 9.05. The van der Waals surface area contributed by atoms with Crippen molar-refractivity contribution in [1.29, 1.82) is 0 Å². The van der Waals surface area contributed by atoms with Gasteiger partial charge in [-0.1, -0.05) is 26.7 Å². The molecule has 0 bridgehead atoms. The van der Waals surface area contributed by atoms with Crippen molar-refractivity contribution in [3.05, 3.63) is 0 Å². The van der Waals surface area contributed by atoms with E-state index in [1.54, 1.807) is 0 Å². The molecule has 5 atom stereocenters. The van der Waals surface area contributed by atoms with Crippen LogP contribution in [0.25, 0.3) is 0 Å². The van der Waals surface area contributed by atoms with Crippen LogP contribution >= 0.6 is 0 Å². The lowest BCUT2D eigenvalue weighted by Crippen LogP contribution is -2.49.